The molecule has 0 spiro atoms. The number of hydrogen-bond donors (Lipinski definition) is 2. The van der Waals surface area contributed by atoms with Crippen LogP contribution in [0.4, 0.5) is 0 Å². The minimum absolute atomic E-state index is 0.404. The first kappa shape index (κ1) is 10.4. The van der Waals surface area contributed by atoms with Gasteiger partial charge in [0, 0.05) is 0 Å². The van der Waals surface area contributed by atoms with E-state index >= 15 is 0 Å². The van der Waals surface area contributed by atoms with Gasteiger partial charge in [-0.25, -0.2) is 0 Å². The lowest BCUT2D eigenvalue weighted by atomic mass is 9.77. The van der Waals surface area contributed by atoms with Crippen molar-refractivity contribution in [2.45, 2.75) is 6.92 Å². The largest absolute Gasteiger partial charge is 0.495 e. The fourth-order valence-electron chi connectivity index (χ4n) is 1.20. The molecule has 0 bridgehead atoms. The maximum absolute atomic E-state index is 8.97. The van der Waals surface area contributed by atoms with Crippen molar-refractivity contribution in [3.63, 3.8) is 0 Å². The zero-order valence-corrected chi connectivity index (χ0v) is 8.17. The van der Waals surface area contributed by atoms with Crippen LogP contribution in [0, 0.1) is 6.92 Å². The summed E-state index contributed by atoms with van der Waals surface area (Å²) < 4.78 is 5.01. The van der Waals surface area contributed by atoms with Gasteiger partial charge in [-0.3, -0.25) is 0 Å². The molecule has 0 aromatic heterocycles. The van der Waals surface area contributed by atoms with E-state index in [-0.39, 0.29) is 0 Å². The second-order valence-corrected chi connectivity index (χ2v) is 3.08. The quantitative estimate of drug-likeness (QED) is 0.677. The number of hydrogen-bond acceptors (Lipinski definition) is 3. The van der Waals surface area contributed by atoms with E-state index in [4.69, 9.17) is 26.4 Å². The summed E-state index contributed by atoms with van der Waals surface area (Å²) in [6.45, 7) is 1.72. The van der Waals surface area contributed by atoms with E-state index in [1.165, 1.54) is 7.11 Å². The third-order valence-electron chi connectivity index (χ3n) is 1.88. The number of benzene rings is 1. The highest BCUT2D eigenvalue weighted by molar-refractivity contribution is 6.59. The predicted octanol–water partition coefficient (Wildman–Crippen LogP) is 0.337. The Bertz CT molecular complexity index is 315. The van der Waals surface area contributed by atoms with Gasteiger partial charge in [0.05, 0.1) is 12.1 Å². The molecule has 0 fully saturated rings. The third kappa shape index (κ3) is 1.96. The summed E-state index contributed by atoms with van der Waals surface area (Å²) in [5.41, 5.74) is 1.05. The molecule has 0 amide bonds. The molecule has 13 heavy (non-hydrogen) atoms. The van der Waals surface area contributed by atoms with Crippen molar-refractivity contribution in [2.75, 3.05) is 7.11 Å². The highest BCUT2D eigenvalue weighted by atomic mass is 35.5. The van der Waals surface area contributed by atoms with Crippen LogP contribution in [0.5, 0.6) is 5.75 Å². The van der Waals surface area contributed by atoms with Crippen LogP contribution in [-0.4, -0.2) is 24.3 Å². The van der Waals surface area contributed by atoms with Crippen LogP contribution in [0.3, 0.4) is 0 Å². The van der Waals surface area contributed by atoms with Gasteiger partial charge in [0.25, 0.3) is 0 Å². The van der Waals surface area contributed by atoms with E-state index in [9.17, 15) is 0 Å². The average Bonchev–Trinajstić information content (AvgIpc) is 2.04. The summed E-state index contributed by atoms with van der Waals surface area (Å²) >= 11 is 5.82. The van der Waals surface area contributed by atoms with Crippen molar-refractivity contribution in [3.05, 3.63) is 22.7 Å². The zero-order chi connectivity index (χ0) is 10.0. The second kappa shape index (κ2) is 4.00. The molecule has 0 saturated heterocycles. The Kier molecular flexibility index (Phi) is 3.19. The molecule has 1 rings (SSSR count). The lowest BCUT2D eigenvalue weighted by Gasteiger charge is -2.10. The Morgan fingerprint density at radius 2 is 2.00 bits per heavy atom. The molecule has 0 unspecified atom stereocenters. The van der Waals surface area contributed by atoms with Gasteiger partial charge >= 0.3 is 7.12 Å². The molecule has 5 heteroatoms. The number of methoxy groups -OCH3 is 1. The van der Waals surface area contributed by atoms with Gasteiger partial charge < -0.3 is 14.8 Å². The molecule has 70 valence electrons. The Balaban J connectivity index is 3.27. The Morgan fingerprint density at radius 3 is 2.46 bits per heavy atom. The molecular weight excluding hydrogens is 190 g/mol. The van der Waals surface area contributed by atoms with Gasteiger partial charge in [0.15, 0.2) is 0 Å². The van der Waals surface area contributed by atoms with Crippen molar-refractivity contribution in [3.8, 4) is 5.75 Å². The lowest BCUT2D eigenvalue weighted by molar-refractivity contribution is 0.409. The van der Waals surface area contributed by atoms with E-state index in [1.54, 1.807) is 19.1 Å². The molecule has 2 N–H and O–H groups in total. The van der Waals surface area contributed by atoms with Gasteiger partial charge in [0.1, 0.15) is 5.75 Å². The second-order valence-electron chi connectivity index (χ2n) is 2.67. The molecule has 0 heterocycles. The maximum atomic E-state index is 8.97. The van der Waals surface area contributed by atoms with Gasteiger partial charge in [0.2, 0.25) is 0 Å². The summed E-state index contributed by atoms with van der Waals surface area (Å²) in [6, 6.07) is 3.13. The van der Waals surface area contributed by atoms with Crippen LogP contribution < -0.4 is 10.2 Å². The van der Waals surface area contributed by atoms with Crippen molar-refractivity contribution < 1.29 is 14.8 Å². The van der Waals surface area contributed by atoms with Crippen molar-refractivity contribution in [1.29, 1.82) is 0 Å². The molecular formula is C8H10BClO3. The first-order chi connectivity index (χ1) is 6.07. The molecule has 0 radical (unpaired) electrons. The number of ether oxygens (including phenoxy) is 1. The van der Waals surface area contributed by atoms with Crippen molar-refractivity contribution in [2.24, 2.45) is 0 Å². The molecule has 0 saturated carbocycles. The fraction of sp³-hybridized carbons (Fsp3) is 0.250. The van der Waals surface area contributed by atoms with Crippen LogP contribution >= 0.6 is 11.6 Å². The monoisotopic (exact) mass is 200 g/mol. The fourth-order valence-corrected chi connectivity index (χ4v) is 1.49. The molecule has 0 atom stereocenters. The molecule has 1 aromatic rings. The Labute approximate surface area is 82.1 Å². The van der Waals surface area contributed by atoms with Crippen molar-refractivity contribution in [1.82, 2.24) is 0 Å². The summed E-state index contributed by atoms with van der Waals surface area (Å²) in [6.07, 6.45) is 0. The van der Waals surface area contributed by atoms with Gasteiger partial charge in [-0.1, -0.05) is 17.7 Å². The van der Waals surface area contributed by atoms with Crippen LogP contribution in [0.15, 0.2) is 12.1 Å². The predicted molar refractivity (Wildman–Crippen MR) is 52.6 cm³/mol. The van der Waals surface area contributed by atoms with E-state index < -0.39 is 7.12 Å². The normalized spacial score (nSPS) is 9.92. The van der Waals surface area contributed by atoms with E-state index in [2.05, 4.69) is 0 Å². The van der Waals surface area contributed by atoms with Crippen molar-refractivity contribution >= 4 is 24.2 Å². The van der Waals surface area contributed by atoms with Crippen LogP contribution in [0.25, 0.3) is 0 Å². The maximum Gasteiger partial charge on any atom is 0.488 e. The Hall–Kier alpha value is -0.705. The lowest BCUT2D eigenvalue weighted by Crippen LogP contribution is -2.32. The summed E-state index contributed by atoms with van der Waals surface area (Å²) in [4.78, 5) is 0. The standard InChI is InChI=1S/C8H10BClO3/c1-5-6(9(11)12)3-4-7(10)8(5)13-2/h3-4,11-12H,1-2H3. The van der Waals surface area contributed by atoms with Gasteiger partial charge in [-0.15, -0.1) is 0 Å². The number of halogens is 1. The topological polar surface area (TPSA) is 49.7 Å². The number of rotatable bonds is 2. The molecule has 3 nitrogen and oxygen atoms in total. The minimum atomic E-state index is -1.49. The van der Waals surface area contributed by atoms with Crippen LogP contribution in [0.2, 0.25) is 5.02 Å². The van der Waals surface area contributed by atoms with Crippen LogP contribution in [0.1, 0.15) is 5.56 Å². The van der Waals surface area contributed by atoms with E-state index in [0.717, 1.165) is 0 Å². The first-order valence-corrected chi connectivity index (χ1v) is 4.15. The Morgan fingerprint density at radius 1 is 1.38 bits per heavy atom. The highest BCUT2D eigenvalue weighted by Crippen LogP contribution is 2.26. The first-order valence-electron chi connectivity index (χ1n) is 3.77. The summed E-state index contributed by atoms with van der Waals surface area (Å²) in [7, 11) is -0.00644. The summed E-state index contributed by atoms with van der Waals surface area (Å²) in [5.74, 6) is 0.479. The molecule has 0 aliphatic carbocycles. The smallest absolute Gasteiger partial charge is 0.488 e. The zero-order valence-electron chi connectivity index (χ0n) is 7.41. The van der Waals surface area contributed by atoms with Crippen LogP contribution in [-0.2, 0) is 0 Å². The summed E-state index contributed by atoms with van der Waals surface area (Å²) in [5, 5.41) is 18.4. The average molecular weight is 200 g/mol. The molecule has 0 aliphatic rings. The van der Waals surface area contributed by atoms with Gasteiger partial charge in [-0.05, 0) is 24.0 Å². The van der Waals surface area contributed by atoms with E-state index in [0.29, 0.717) is 21.8 Å². The van der Waals surface area contributed by atoms with Gasteiger partial charge in [-0.2, -0.15) is 0 Å². The highest BCUT2D eigenvalue weighted by Gasteiger charge is 2.17. The third-order valence-corrected chi connectivity index (χ3v) is 2.18. The molecule has 1 aromatic carbocycles. The van der Waals surface area contributed by atoms with E-state index in [1.807, 2.05) is 0 Å². The SMILES string of the molecule is COc1c(Cl)ccc(B(O)O)c1C. The minimum Gasteiger partial charge on any atom is -0.495 e. The molecule has 0 aliphatic heterocycles.